The monoisotopic (exact) mass is 257 g/mol. The maximum absolute atomic E-state index is 11.6. The highest BCUT2D eigenvalue weighted by molar-refractivity contribution is 5.81. The summed E-state index contributed by atoms with van der Waals surface area (Å²) in [6.45, 7) is 2.86. The Kier molecular flexibility index (Phi) is 3.23. The molecule has 0 bridgehead atoms. The summed E-state index contributed by atoms with van der Waals surface area (Å²) in [5.74, 6) is 2.06. The van der Waals surface area contributed by atoms with Crippen molar-refractivity contribution >= 4 is 16.9 Å². The molecule has 1 aliphatic rings. The number of hydrogen-bond donors (Lipinski definition) is 2. The topological polar surface area (TPSA) is 57.8 Å². The first-order chi connectivity index (χ1) is 9.24. The molecule has 1 saturated carbocycles. The molecule has 2 atom stereocenters. The zero-order valence-electron chi connectivity index (χ0n) is 11.1. The minimum Gasteiger partial charge on any atom is -0.356 e. The van der Waals surface area contributed by atoms with Crippen molar-refractivity contribution in [2.45, 2.75) is 26.2 Å². The molecule has 19 heavy (non-hydrogen) atoms. The van der Waals surface area contributed by atoms with E-state index in [0.717, 1.165) is 42.7 Å². The predicted octanol–water partition coefficient (Wildman–Crippen LogP) is 2.27. The van der Waals surface area contributed by atoms with Crippen LogP contribution in [0.4, 0.5) is 0 Å². The van der Waals surface area contributed by atoms with E-state index in [1.54, 1.807) is 0 Å². The maximum atomic E-state index is 11.6. The Hall–Kier alpha value is -1.84. The number of H-pyrrole nitrogens is 1. The van der Waals surface area contributed by atoms with Crippen molar-refractivity contribution in [3.05, 3.63) is 30.1 Å². The molecule has 0 saturated heterocycles. The normalized spacial score (nSPS) is 21.5. The minimum absolute atomic E-state index is 0.220. The fourth-order valence-corrected chi connectivity index (χ4v) is 2.41. The largest absolute Gasteiger partial charge is 0.356 e. The summed E-state index contributed by atoms with van der Waals surface area (Å²) in [7, 11) is 0. The van der Waals surface area contributed by atoms with Crippen LogP contribution in [0.25, 0.3) is 11.0 Å². The number of benzene rings is 1. The van der Waals surface area contributed by atoms with E-state index in [0.29, 0.717) is 5.92 Å². The van der Waals surface area contributed by atoms with Gasteiger partial charge in [0.25, 0.3) is 0 Å². The summed E-state index contributed by atoms with van der Waals surface area (Å²) in [6, 6.07) is 8.03. The van der Waals surface area contributed by atoms with Gasteiger partial charge in [-0.1, -0.05) is 19.1 Å². The number of rotatable bonds is 5. The Morgan fingerprint density at radius 3 is 3.00 bits per heavy atom. The van der Waals surface area contributed by atoms with Crippen LogP contribution in [0.3, 0.4) is 0 Å². The van der Waals surface area contributed by atoms with Crippen molar-refractivity contribution in [2.75, 3.05) is 6.54 Å². The van der Waals surface area contributed by atoms with Gasteiger partial charge in [0.2, 0.25) is 5.91 Å². The number of fused-ring (bicyclic) bond motifs is 1. The third kappa shape index (κ3) is 2.78. The molecular formula is C15H19N3O. The van der Waals surface area contributed by atoms with E-state index in [1.807, 2.05) is 24.3 Å². The van der Waals surface area contributed by atoms with Crippen molar-refractivity contribution < 1.29 is 4.79 Å². The number of hydrogen-bond acceptors (Lipinski definition) is 2. The summed E-state index contributed by atoms with van der Waals surface area (Å²) >= 11 is 0. The Balaban J connectivity index is 1.45. The van der Waals surface area contributed by atoms with Crippen molar-refractivity contribution in [1.29, 1.82) is 0 Å². The van der Waals surface area contributed by atoms with Gasteiger partial charge in [-0.2, -0.15) is 0 Å². The molecule has 4 nitrogen and oxygen atoms in total. The maximum Gasteiger partial charge on any atom is 0.223 e. The molecule has 0 aliphatic heterocycles. The molecule has 100 valence electrons. The lowest BCUT2D eigenvalue weighted by molar-refractivity contribution is -0.122. The van der Waals surface area contributed by atoms with E-state index in [-0.39, 0.29) is 11.8 Å². The number of para-hydroxylation sites is 2. The molecule has 4 heteroatoms. The molecule has 1 heterocycles. The summed E-state index contributed by atoms with van der Waals surface area (Å²) in [5.41, 5.74) is 2.08. The quantitative estimate of drug-likeness (QED) is 0.807. The zero-order valence-corrected chi connectivity index (χ0v) is 11.1. The van der Waals surface area contributed by atoms with Crippen LogP contribution < -0.4 is 5.32 Å². The van der Waals surface area contributed by atoms with Gasteiger partial charge in [0.05, 0.1) is 11.0 Å². The van der Waals surface area contributed by atoms with Gasteiger partial charge in [-0.3, -0.25) is 4.79 Å². The van der Waals surface area contributed by atoms with Crippen molar-refractivity contribution in [1.82, 2.24) is 15.3 Å². The number of carbonyl (C=O) groups is 1. The van der Waals surface area contributed by atoms with Crippen molar-refractivity contribution in [2.24, 2.45) is 11.8 Å². The Morgan fingerprint density at radius 1 is 1.47 bits per heavy atom. The number of nitrogens with one attached hydrogen (secondary N) is 2. The highest BCUT2D eigenvalue weighted by Crippen LogP contribution is 2.37. The second kappa shape index (κ2) is 5.03. The van der Waals surface area contributed by atoms with E-state index >= 15 is 0 Å². The van der Waals surface area contributed by atoms with Crippen molar-refractivity contribution in [3.63, 3.8) is 0 Å². The molecule has 0 unspecified atom stereocenters. The van der Waals surface area contributed by atoms with Crippen LogP contribution in [0.15, 0.2) is 24.3 Å². The van der Waals surface area contributed by atoms with Gasteiger partial charge < -0.3 is 10.3 Å². The van der Waals surface area contributed by atoms with Crippen LogP contribution >= 0.6 is 0 Å². The van der Waals surface area contributed by atoms with E-state index < -0.39 is 0 Å². The second-order valence-corrected chi connectivity index (χ2v) is 5.41. The molecule has 1 amide bonds. The van der Waals surface area contributed by atoms with Crippen LogP contribution in [0.5, 0.6) is 0 Å². The van der Waals surface area contributed by atoms with Crippen molar-refractivity contribution in [3.8, 4) is 0 Å². The first kappa shape index (κ1) is 12.2. The van der Waals surface area contributed by atoms with Crippen LogP contribution in [0.2, 0.25) is 0 Å². The highest BCUT2D eigenvalue weighted by atomic mass is 16.2. The fourth-order valence-electron chi connectivity index (χ4n) is 2.41. The summed E-state index contributed by atoms with van der Waals surface area (Å²) in [6.07, 6.45) is 2.84. The standard InChI is InChI=1S/C15H19N3O/c1-10-9-11(10)15(19)16-8-4-7-14-17-12-5-2-3-6-13(12)18-14/h2-3,5-6,10-11H,4,7-9H2,1H3,(H,16,19)(H,17,18)/t10-,11-/m0/s1. The van der Waals surface area contributed by atoms with Crippen LogP contribution in [0, 0.1) is 11.8 Å². The summed E-state index contributed by atoms with van der Waals surface area (Å²) in [5, 5.41) is 3.00. The molecular weight excluding hydrogens is 238 g/mol. The second-order valence-electron chi connectivity index (χ2n) is 5.41. The third-order valence-electron chi connectivity index (χ3n) is 3.77. The van der Waals surface area contributed by atoms with E-state index in [1.165, 1.54) is 0 Å². The lowest BCUT2D eigenvalue weighted by atomic mass is 10.2. The van der Waals surface area contributed by atoms with Crippen LogP contribution in [-0.4, -0.2) is 22.4 Å². The van der Waals surface area contributed by atoms with E-state index in [9.17, 15) is 4.79 Å². The lowest BCUT2D eigenvalue weighted by Crippen LogP contribution is -2.26. The first-order valence-electron chi connectivity index (χ1n) is 6.95. The molecule has 0 spiro atoms. The van der Waals surface area contributed by atoms with Gasteiger partial charge in [-0.25, -0.2) is 4.98 Å². The molecule has 1 aromatic carbocycles. The van der Waals surface area contributed by atoms with Gasteiger partial charge in [0, 0.05) is 18.9 Å². The third-order valence-corrected chi connectivity index (χ3v) is 3.77. The van der Waals surface area contributed by atoms with Gasteiger partial charge >= 0.3 is 0 Å². The van der Waals surface area contributed by atoms with Crippen LogP contribution in [0.1, 0.15) is 25.6 Å². The van der Waals surface area contributed by atoms with Gasteiger partial charge in [0.15, 0.2) is 0 Å². The molecule has 1 aromatic heterocycles. The molecule has 1 fully saturated rings. The molecule has 1 aliphatic carbocycles. The molecule has 0 radical (unpaired) electrons. The number of carbonyl (C=O) groups excluding carboxylic acids is 1. The SMILES string of the molecule is C[C@H]1C[C@@H]1C(=O)NCCCc1nc2ccccc2[nH]1. The van der Waals surface area contributed by atoms with Crippen LogP contribution in [-0.2, 0) is 11.2 Å². The number of aromatic amines is 1. The average molecular weight is 257 g/mol. The van der Waals surface area contributed by atoms with Gasteiger partial charge in [-0.05, 0) is 30.9 Å². The highest BCUT2D eigenvalue weighted by Gasteiger charge is 2.38. The number of nitrogens with zero attached hydrogens (tertiary/aromatic N) is 1. The Bertz CT molecular complexity index is 557. The number of amides is 1. The average Bonchev–Trinajstić information content (AvgIpc) is 3.00. The first-order valence-corrected chi connectivity index (χ1v) is 6.95. The van der Waals surface area contributed by atoms with Gasteiger partial charge in [-0.15, -0.1) is 0 Å². The fraction of sp³-hybridized carbons (Fsp3) is 0.467. The Morgan fingerprint density at radius 2 is 2.26 bits per heavy atom. The van der Waals surface area contributed by atoms with E-state index in [4.69, 9.17) is 0 Å². The number of aryl methyl sites for hydroxylation is 1. The predicted molar refractivity (Wildman–Crippen MR) is 74.7 cm³/mol. The zero-order chi connectivity index (χ0) is 13.2. The molecule has 2 N–H and O–H groups in total. The Labute approximate surface area is 112 Å². The molecule has 2 aromatic rings. The molecule has 3 rings (SSSR count). The van der Waals surface area contributed by atoms with E-state index in [2.05, 4.69) is 22.2 Å². The number of aromatic nitrogens is 2. The minimum atomic E-state index is 0.220. The number of imidazole rings is 1. The summed E-state index contributed by atoms with van der Waals surface area (Å²) < 4.78 is 0. The smallest absolute Gasteiger partial charge is 0.223 e. The lowest BCUT2D eigenvalue weighted by Gasteiger charge is -2.02. The van der Waals surface area contributed by atoms with Gasteiger partial charge in [0.1, 0.15) is 5.82 Å². The summed E-state index contributed by atoms with van der Waals surface area (Å²) in [4.78, 5) is 19.5.